The summed E-state index contributed by atoms with van der Waals surface area (Å²) in [6.07, 6.45) is 2.59. The highest BCUT2D eigenvalue weighted by atomic mass is 16.6. The van der Waals surface area contributed by atoms with Crippen molar-refractivity contribution < 1.29 is 33.7 Å². The van der Waals surface area contributed by atoms with Crippen LogP contribution < -0.4 is 10.1 Å². The van der Waals surface area contributed by atoms with E-state index in [4.69, 9.17) is 9.47 Å². The molecule has 0 atom stereocenters. The Balaban J connectivity index is 1.44. The SMILES string of the molecule is COCCCN1CCC(O)(CNC(=O)OC(=O)/C=C/C(=O)Oc2c3ccccc3nn2C(C)C)CC1. The molecule has 11 nitrogen and oxygen atoms in total. The van der Waals surface area contributed by atoms with Gasteiger partial charge in [-0.3, -0.25) is 0 Å². The molecule has 2 N–H and O–H groups in total. The van der Waals surface area contributed by atoms with Crippen molar-refractivity contribution >= 4 is 28.9 Å². The molecule has 3 rings (SSSR count). The van der Waals surface area contributed by atoms with Crippen molar-refractivity contribution in [3.8, 4) is 5.88 Å². The Morgan fingerprint density at radius 1 is 1.17 bits per heavy atom. The molecule has 0 bridgehead atoms. The summed E-state index contributed by atoms with van der Waals surface area (Å²) in [6, 6.07) is 7.17. The Morgan fingerprint density at radius 3 is 2.56 bits per heavy atom. The fourth-order valence-corrected chi connectivity index (χ4v) is 3.94. The number of piperidine rings is 1. The average molecular weight is 503 g/mol. The van der Waals surface area contributed by atoms with Gasteiger partial charge in [0.15, 0.2) is 0 Å². The van der Waals surface area contributed by atoms with Gasteiger partial charge in [-0.25, -0.2) is 19.1 Å². The highest BCUT2D eigenvalue weighted by Gasteiger charge is 2.32. The minimum Gasteiger partial charge on any atom is -0.404 e. The van der Waals surface area contributed by atoms with Crippen LogP contribution in [0.25, 0.3) is 10.9 Å². The molecule has 0 saturated carbocycles. The maximum Gasteiger partial charge on any atom is 0.415 e. The molecule has 1 aromatic carbocycles. The number of aromatic nitrogens is 2. The van der Waals surface area contributed by atoms with Crippen LogP contribution in [-0.4, -0.2) is 83.3 Å². The molecule has 0 radical (unpaired) electrons. The molecule has 36 heavy (non-hydrogen) atoms. The third-order valence-electron chi connectivity index (χ3n) is 5.96. The molecular formula is C25H34N4O7. The van der Waals surface area contributed by atoms with Crippen LogP contribution in [0.4, 0.5) is 4.79 Å². The van der Waals surface area contributed by atoms with E-state index in [1.165, 1.54) is 0 Å². The van der Waals surface area contributed by atoms with Crippen molar-refractivity contribution in [3.63, 3.8) is 0 Å². The van der Waals surface area contributed by atoms with Gasteiger partial charge in [0.05, 0.1) is 22.5 Å². The fraction of sp³-hybridized carbons (Fsp3) is 0.520. The number of hydrogen-bond acceptors (Lipinski definition) is 9. The van der Waals surface area contributed by atoms with Gasteiger partial charge in [-0.2, -0.15) is 5.10 Å². The fourth-order valence-electron chi connectivity index (χ4n) is 3.94. The van der Waals surface area contributed by atoms with Crippen LogP contribution in [0.1, 0.15) is 39.2 Å². The number of alkyl carbamates (subject to hydrolysis) is 1. The number of methoxy groups -OCH3 is 1. The van der Waals surface area contributed by atoms with E-state index in [1.807, 2.05) is 19.9 Å². The lowest BCUT2D eigenvalue weighted by molar-refractivity contribution is -0.133. The lowest BCUT2D eigenvalue weighted by Gasteiger charge is -2.38. The van der Waals surface area contributed by atoms with Gasteiger partial charge in [0.2, 0.25) is 5.88 Å². The van der Waals surface area contributed by atoms with Crippen molar-refractivity contribution in [2.75, 3.05) is 39.9 Å². The zero-order valence-corrected chi connectivity index (χ0v) is 20.9. The molecule has 2 heterocycles. The molecule has 1 saturated heterocycles. The Hall–Kier alpha value is -3.28. The first-order valence-corrected chi connectivity index (χ1v) is 12.0. The summed E-state index contributed by atoms with van der Waals surface area (Å²) in [7, 11) is 1.66. The Kier molecular flexibility index (Phi) is 9.57. The number of likely N-dealkylation sites (tertiary alicyclic amines) is 1. The second-order valence-corrected chi connectivity index (χ2v) is 9.09. The Morgan fingerprint density at radius 2 is 1.86 bits per heavy atom. The number of nitrogens with zero attached hydrogens (tertiary/aromatic N) is 3. The Labute approximate surface area is 210 Å². The number of carbonyl (C=O) groups excluding carboxylic acids is 3. The largest absolute Gasteiger partial charge is 0.415 e. The molecule has 1 aliphatic heterocycles. The van der Waals surface area contributed by atoms with Crippen molar-refractivity contribution in [1.82, 2.24) is 20.0 Å². The van der Waals surface area contributed by atoms with Crippen LogP contribution >= 0.6 is 0 Å². The number of esters is 2. The molecule has 11 heteroatoms. The molecule has 1 aromatic heterocycles. The number of nitrogens with one attached hydrogen (secondary N) is 1. The lowest BCUT2D eigenvalue weighted by atomic mass is 9.91. The molecule has 1 aliphatic rings. The molecule has 0 spiro atoms. The van der Waals surface area contributed by atoms with Gasteiger partial charge in [-0.05, 0) is 45.2 Å². The van der Waals surface area contributed by atoms with E-state index in [0.29, 0.717) is 43.4 Å². The van der Waals surface area contributed by atoms with Crippen LogP contribution in [-0.2, 0) is 19.1 Å². The second-order valence-electron chi connectivity index (χ2n) is 9.09. The molecule has 1 amide bonds. The van der Waals surface area contributed by atoms with Crippen molar-refractivity contribution in [2.45, 2.75) is 44.8 Å². The summed E-state index contributed by atoms with van der Waals surface area (Å²) < 4.78 is 16.7. The maximum atomic E-state index is 12.3. The van der Waals surface area contributed by atoms with E-state index in [9.17, 15) is 19.5 Å². The maximum absolute atomic E-state index is 12.3. The molecule has 196 valence electrons. The summed E-state index contributed by atoms with van der Waals surface area (Å²) in [6.45, 7) is 6.74. The number of aliphatic hydroxyl groups is 1. The third kappa shape index (κ3) is 7.61. The van der Waals surface area contributed by atoms with E-state index in [0.717, 1.165) is 25.1 Å². The first-order valence-electron chi connectivity index (χ1n) is 12.0. The number of amides is 1. The number of benzene rings is 1. The zero-order valence-electron chi connectivity index (χ0n) is 20.9. The van der Waals surface area contributed by atoms with Crippen LogP contribution in [0.3, 0.4) is 0 Å². The van der Waals surface area contributed by atoms with Gasteiger partial charge in [0.25, 0.3) is 0 Å². The summed E-state index contributed by atoms with van der Waals surface area (Å²) in [5, 5.41) is 18.2. The smallest absolute Gasteiger partial charge is 0.404 e. The number of fused-ring (bicyclic) bond motifs is 1. The van der Waals surface area contributed by atoms with E-state index in [1.54, 1.807) is 30.0 Å². The van der Waals surface area contributed by atoms with Gasteiger partial charge in [0, 0.05) is 52.0 Å². The highest BCUT2D eigenvalue weighted by molar-refractivity contribution is 5.97. The molecule has 2 aromatic rings. The van der Waals surface area contributed by atoms with Gasteiger partial charge >= 0.3 is 18.0 Å². The predicted molar refractivity (Wildman–Crippen MR) is 132 cm³/mol. The Bertz CT molecular complexity index is 1090. The summed E-state index contributed by atoms with van der Waals surface area (Å²) in [5.41, 5.74) is -0.394. The first kappa shape index (κ1) is 27.3. The van der Waals surface area contributed by atoms with E-state index in [2.05, 4.69) is 20.1 Å². The van der Waals surface area contributed by atoms with Crippen LogP contribution in [0, 0.1) is 0 Å². The summed E-state index contributed by atoms with van der Waals surface area (Å²) >= 11 is 0. The first-order chi connectivity index (χ1) is 17.2. The van der Waals surface area contributed by atoms with Gasteiger partial charge in [-0.15, -0.1) is 0 Å². The van der Waals surface area contributed by atoms with Crippen molar-refractivity contribution in [3.05, 3.63) is 36.4 Å². The summed E-state index contributed by atoms with van der Waals surface area (Å²) in [4.78, 5) is 38.5. The molecule has 0 aliphatic carbocycles. The normalized spacial score (nSPS) is 15.9. The van der Waals surface area contributed by atoms with Crippen LogP contribution in [0.5, 0.6) is 5.88 Å². The number of hydrogen-bond donors (Lipinski definition) is 2. The summed E-state index contributed by atoms with van der Waals surface area (Å²) in [5.74, 6) is -1.59. The van der Waals surface area contributed by atoms with Gasteiger partial charge < -0.3 is 29.5 Å². The van der Waals surface area contributed by atoms with Gasteiger partial charge in [0.1, 0.15) is 0 Å². The highest BCUT2D eigenvalue weighted by Crippen LogP contribution is 2.28. The monoisotopic (exact) mass is 502 g/mol. The third-order valence-corrected chi connectivity index (χ3v) is 5.96. The molecule has 1 fully saturated rings. The number of carbonyl (C=O) groups is 3. The number of ether oxygens (including phenoxy) is 3. The van der Waals surface area contributed by atoms with Gasteiger partial charge in [-0.1, -0.05) is 12.1 Å². The van der Waals surface area contributed by atoms with Crippen LogP contribution in [0.15, 0.2) is 36.4 Å². The lowest BCUT2D eigenvalue weighted by Crippen LogP contribution is -2.51. The van der Waals surface area contributed by atoms with Crippen molar-refractivity contribution in [1.29, 1.82) is 0 Å². The van der Waals surface area contributed by atoms with E-state index < -0.39 is 23.6 Å². The van der Waals surface area contributed by atoms with Crippen LogP contribution in [0.2, 0.25) is 0 Å². The minimum absolute atomic E-state index is 0.0386. The quantitative estimate of drug-likeness (QED) is 0.217. The standard InChI is InChI=1S/C25H34N4O7/c1-18(2)29-23(19-7-4-5-8-20(19)27-29)35-21(30)9-10-22(31)36-24(32)26-17-25(33)11-14-28(15-12-25)13-6-16-34-3/h4-5,7-10,18,33H,6,11-17H2,1-3H3,(H,26,32)/b10-9+. The topological polar surface area (TPSA) is 132 Å². The van der Waals surface area contributed by atoms with Crippen molar-refractivity contribution in [2.24, 2.45) is 0 Å². The number of rotatable bonds is 10. The van der Waals surface area contributed by atoms with E-state index in [-0.39, 0.29) is 18.5 Å². The molecule has 0 unspecified atom stereocenters. The molecular weight excluding hydrogens is 468 g/mol. The predicted octanol–water partition coefficient (Wildman–Crippen LogP) is 2.19. The van der Waals surface area contributed by atoms with E-state index >= 15 is 0 Å². The zero-order chi connectivity index (χ0) is 26.1. The minimum atomic E-state index is -1.07. The second kappa shape index (κ2) is 12.6. The average Bonchev–Trinajstić information content (AvgIpc) is 3.22.